The third kappa shape index (κ3) is 4.49. The number of hydrogen-bond acceptors (Lipinski definition) is 6. The Morgan fingerprint density at radius 3 is 2.42 bits per heavy atom. The van der Waals surface area contributed by atoms with Crippen molar-refractivity contribution in [2.75, 3.05) is 52.9 Å². The van der Waals surface area contributed by atoms with Gasteiger partial charge < -0.3 is 19.4 Å². The predicted molar refractivity (Wildman–Crippen MR) is 124 cm³/mol. The van der Waals surface area contributed by atoms with Gasteiger partial charge in [0.25, 0.3) is 5.91 Å². The van der Waals surface area contributed by atoms with E-state index in [1.54, 1.807) is 4.90 Å². The summed E-state index contributed by atoms with van der Waals surface area (Å²) in [5.41, 5.74) is 2.03. The van der Waals surface area contributed by atoms with Crippen LogP contribution in [-0.2, 0) is 24.2 Å². The molecule has 1 saturated heterocycles. The van der Waals surface area contributed by atoms with E-state index in [4.69, 9.17) is 9.84 Å². The van der Waals surface area contributed by atoms with Gasteiger partial charge in [-0.05, 0) is 47.1 Å². The molecule has 33 heavy (non-hydrogen) atoms. The highest BCUT2D eigenvalue weighted by Gasteiger charge is 2.52. The average molecular weight is 459 g/mol. The summed E-state index contributed by atoms with van der Waals surface area (Å²) in [6.45, 7) is 13.3. The van der Waals surface area contributed by atoms with Crippen molar-refractivity contribution in [3.63, 3.8) is 0 Å². The monoisotopic (exact) mass is 458 g/mol. The maximum atomic E-state index is 14.0. The third-order valence-electron chi connectivity index (χ3n) is 7.63. The number of piperazine rings is 1. The fourth-order valence-corrected chi connectivity index (χ4v) is 5.42. The minimum Gasteiger partial charge on any atom is -0.444 e. The first-order valence-electron chi connectivity index (χ1n) is 12.4. The van der Waals surface area contributed by atoms with Crippen molar-refractivity contribution >= 4 is 12.0 Å². The number of aromatic nitrogens is 2. The summed E-state index contributed by atoms with van der Waals surface area (Å²) in [4.78, 5) is 35.4. The van der Waals surface area contributed by atoms with E-state index in [1.165, 1.54) is 0 Å². The van der Waals surface area contributed by atoms with Gasteiger partial charge >= 0.3 is 6.09 Å². The van der Waals surface area contributed by atoms with Gasteiger partial charge in [-0.2, -0.15) is 5.10 Å². The Morgan fingerprint density at radius 1 is 1.03 bits per heavy atom. The Labute approximate surface area is 196 Å². The molecule has 1 aliphatic carbocycles. The van der Waals surface area contributed by atoms with Crippen LogP contribution >= 0.6 is 0 Å². The highest BCUT2D eigenvalue weighted by atomic mass is 16.6. The average Bonchev–Trinajstić information content (AvgIpc) is 3.46. The molecule has 1 aromatic heterocycles. The van der Waals surface area contributed by atoms with Crippen molar-refractivity contribution < 1.29 is 14.3 Å². The van der Waals surface area contributed by atoms with Crippen LogP contribution in [0.1, 0.15) is 61.8 Å². The molecule has 9 heteroatoms. The lowest BCUT2D eigenvalue weighted by Crippen LogP contribution is -2.50. The molecule has 0 radical (unpaired) electrons. The molecule has 2 fully saturated rings. The highest BCUT2D eigenvalue weighted by Crippen LogP contribution is 2.47. The maximum Gasteiger partial charge on any atom is 0.410 e. The molecular weight excluding hydrogens is 420 g/mol. The summed E-state index contributed by atoms with van der Waals surface area (Å²) in [7, 11) is 2.17. The Kier molecular flexibility index (Phi) is 5.68. The third-order valence-corrected chi connectivity index (χ3v) is 7.63. The summed E-state index contributed by atoms with van der Waals surface area (Å²) in [5, 5.41) is 4.83. The molecular formula is C24H38N6O3. The molecule has 4 heterocycles. The molecule has 0 aromatic carbocycles. The lowest BCUT2D eigenvalue weighted by molar-refractivity contribution is 0.0221. The number of aryl methyl sites for hydroxylation is 1. The lowest BCUT2D eigenvalue weighted by Gasteiger charge is -2.36. The zero-order valence-corrected chi connectivity index (χ0v) is 20.6. The minimum absolute atomic E-state index is 0.00321. The van der Waals surface area contributed by atoms with Gasteiger partial charge in [-0.3, -0.25) is 14.4 Å². The van der Waals surface area contributed by atoms with Crippen molar-refractivity contribution in [1.82, 2.24) is 29.4 Å². The second-order valence-corrected chi connectivity index (χ2v) is 11.2. The first kappa shape index (κ1) is 22.7. The molecule has 0 atom stereocenters. The van der Waals surface area contributed by atoms with Crippen molar-refractivity contribution in [2.24, 2.45) is 0 Å². The Balaban J connectivity index is 1.35. The number of rotatable bonds is 3. The van der Waals surface area contributed by atoms with E-state index >= 15 is 0 Å². The zero-order valence-electron chi connectivity index (χ0n) is 20.6. The second-order valence-electron chi connectivity index (χ2n) is 11.2. The number of ether oxygens (including phenoxy) is 1. The van der Waals surface area contributed by atoms with Crippen LogP contribution in [0.2, 0.25) is 0 Å². The van der Waals surface area contributed by atoms with Crippen LogP contribution in [0, 0.1) is 0 Å². The predicted octanol–water partition coefficient (Wildman–Crippen LogP) is 1.80. The first-order chi connectivity index (χ1) is 15.7. The SMILES string of the molecule is CN1CCN(CCN2C(=O)c3c4c(nn3CCC23CC3)CCN(C(=O)OC(C)(C)C)C4)CC1. The van der Waals surface area contributed by atoms with Crippen molar-refractivity contribution in [2.45, 2.75) is 70.7 Å². The largest absolute Gasteiger partial charge is 0.444 e. The summed E-state index contributed by atoms with van der Waals surface area (Å²) in [5.74, 6) is 0.0962. The van der Waals surface area contributed by atoms with E-state index in [0.717, 1.165) is 76.3 Å². The Morgan fingerprint density at radius 2 is 1.76 bits per heavy atom. The number of nitrogens with zero attached hydrogens (tertiary/aromatic N) is 6. The second kappa shape index (κ2) is 8.27. The number of carbonyl (C=O) groups is 2. The molecule has 2 amide bonds. The Hall–Kier alpha value is -2.13. The van der Waals surface area contributed by atoms with Gasteiger partial charge in [0, 0.05) is 69.9 Å². The minimum atomic E-state index is -0.540. The first-order valence-corrected chi connectivity index (χ1v) is 12.4. The van der Waals surface area contributed by atoms with Gasteiger partial charge in [-0.25, -0.2) is 4.79 Å². The maximum absolute atomic E-state index is 14.0. The lowest BCUT2D eigenvalue weighted by atomic mass is 10.0. The zero-order chi connectivity index (χ0) is 23.4. The molecule has 0 unspecified atom stereocenters. The molecule has 9 nitrogen and oxygen atoms in total. The van der Waals surface area contributed by atoms with Crippen molar-refractivity contribution in [3.8, 4) is 0 Å². The van der Waals surface area contributed by atoms with Gasteiger partial charge in [0.1, 0.15) is 11.3 Å². The summed E-state index contributed by atoms with van der Waals surface area (Å²) in [6.07, 6.45) is 3.47. The van der Waals surface area contributed by atoms with E-state index in [-0.39, 0.29) is 17.5 Å². The number of fused-ring (bicyclic) bond motifs is 3. The molecule has 0 N–H and O–H groups in total. The van der Waals surface area contributed by atoms with E-state index in [1.807, 2.05) is 25.5 Å². The van der Waals surface area contributed by atoms with Crippen molar-refractivity contribution in [1.29, 1.82) is 0 Å². The molecule has 3 aliphatic heterocycles. The van der Waals surface area contributed by atoms with Crippen LogP contribution in [0.4, 0.5) is 4.79 Å². The quantitative estimate of drug-likeness (QED) is 0.688. The van der Waals surface area contributed by atoms with E-state index < -0.39 is 5.60 Å². The molecule has 1 aromatic rings. The topological polar surface area (TPSA) is 74.2 Å². The van der Waals surface area contributed by atoms with E-state index in [0.29, 0.717) is 25.2 Å². The van der Waals surface area contributed by atoms with Gasteiger partial charge in [0.05, 0.1) is 12.2 Å². The molecule has 1 saturated carbocycles. The normalized spacial score (nSPS) is 23.3. The number of amides is 2. The van der Waals surface area contributed by atoms with Crippen molar-refractivity contribution in [3.05, 3.63) is 17.0 Å². The van der Waals surface area contributed by atoms with E-state index in [2.05, 4.69) is 21.7 Å². The van der Waals surface area contributed by atoms with Gasteiger partial charge in [-0.1, -0.05) is 0 Å². The van der Waals surface area contributed by atoms with Gasteiger partial charge in [0.2, 0.25) is 0 Å². The van der Waals surface area contributed by atoms with Crippen LogP contribution in [0.25, 0.3) is 0 Å². The van der Waals surface area contributed by atoms with Crippen LogP contribution in [0.5, 0.6) is 0 Å². The molecule has 5 rings (SSSR count). The van der Waals surface area contributed by atoms with E-state index in [9.17, 15) is 9.59 Å². The number of likely N-dealkylation sites (N-methyl/N-ethyl adjacent to an activating group) is 1. The van der Waals surface area contributed by atoms with Gasteiger partial charge in [0.15, 0.2) is 0 Å². The molecule has 0 bridgehead atoms. The standard InChI is InChI=1S/C24H38N6O3/c1-23(2,3)33-22(32)28-9-5-19-18(17-28)20-21(31)29(16-15-27-13-11-26(4)12-14-27)24(6-7-24)8-10-30(20)25-19/h5-17H2,1-4H3. The van der Waals surface area contributed by atoms with Crippen LogP contribution < -0.4 is 0 Å². The fraction of sp³-hybridized carbons (Fsp3) is 0.792. The van der Waals surface area contributed by atoms with Gasteiger partial charge in [-0.15, -0.1) is 0 Å². The van der Waals surface area contributed by atoms with Crippen LogP contribution in [0.3, 0.4) is 0 Å². The summed E-state index contributed by atoms with van der Waals surface area (Å²) < 4.78 is 7.53. The number of carbonyl (C=O) groups excluding carboxylic acids is 2. The highest BCUT2D eigenvalue weighted by molar-refractivity contribution is 5.95. The molecule has 182 valence electrons. The summed E-state index contributed by atoms with van der Waals surface area (Å²) >= 11 is 0. The smallest absolute Gasteiger partial charge is 0.410 e. The summed E-state index contributed by atoms with van der Waals surface area (Å²) in [6, 6.07) is 0. The van der Waals surface area contributed by atoms with Crippen LogP contribution in [-0.4, -0.2) is 105 Å². The molecule has 1 spiro atoms. The van der Waals surface area contributed by atoms with Crippen LogP contribution in [0.15, 0.2) is 0 Å². The molecule has 4 aliphatic rings. The number of hydrogen-bond donors (Lipinski definition) is 0. The Bertz CT molecular complexity index is 923. The fourth-order valence-electron chi connectivity index (χ4n) is 5.42.